The maximum Gasteiger partial charge on any atom is 0.133 e. The van der Waals surface area contributed by atoms with Crippen molar-refractivity contribution in [2.75, 3.05) is 5.32 Å². The molecule has 3 aromatic rings. The van der Waals surface area contributed by atoms with Gasteiger partial charge in [0, 0.05) is 43.0 Å². The van der Waals surface area contributed by atoms with Crippen molar-refractivity contribution in [3.05, 3.63) is 59.8 Å². The van der Waals surface area contributed by atoms with Crippen LogP contribution in [0.25, 0.3) is 11.1 Å². The first-order chi connectivity index (χ1) is 11.5. The summed E-state index contributed by atoms with van der Waals surface area (Å²) in [5, 5.41) is 7.65. The van der Waals surface area contributed by atoms with E-state index in [1.807, 2.05) is 37.1 Å². The SMILES string of the molecule is Cc1cc(NCc2cccc(-c3cnn(C)c3)c2)nc(C(C)C)n1. The van der Waals surface area contributed by atoms with E-state index in [0.29, 0.717) is 5.92 Å². The van der Waals surface area contributed by atoms with E-state index in [2.05, 4.69) is 58.5 Å². The quantitative estimate of drug-likeness (QED) is 0.774. The molecule has 0 unspecified atom stereocenters. The fraction of sp³-hybridized carbons (Fsp3) is 0.316. The zero-order valence-electron chi connectivity index (χ0n) is 14.6. The molecular weight excluding hydrogens is 298 g/mol. The van der Waals surface area contributed by atoms with Gasteiger partial charge < -0.3 is 5.32 Å². The smallest absolute Gasteiger partial charge is 0.133 e. The van der Waals surface area contributed by atoms with E-state index in [9.17, 15) is 0 Å². The van der Waals surface area contributed by atoms with E-state index in [4.69, 9.17) is 0 Å². The molecule has 1 N–H and O–H groups in total. The fourth-order valence-electron chi connectivity index (χ4n) is 2.56. The second-order valence-corrected chi connectivity index (χ2v) is 6.36. The van der Waals surface area contributed by atoms with Gasteiger partial charge in [0.05, 0.1) is 6.20 Å². The van der Waals surface area contributed by atoms with Gasteiger partial charge in [0.15, 0.2) is 0 Å². The van der Waals surface area contributed by atoms with Gasteiger partial charge in [-0.05, 0) is 24.1 Å². The highest BCUT2D eigenvalue weighted by atomic mass is 15.2. The maximum absolute atomic E-state index is 4.60. The summed E-state index contributed by atoms with van der Waals surface area (Å²) in [5.41, 5.74) is 4.49. The number of hydrogen-bond donors (Lipinski definition) is 1. The molecule has 0 atom stereocenters. The molecule has 0 amide bonds. The lowest BCUT2D eigenvalue weighted by Crippen LogP contribution is -2.06. The Morgan fingerprint density at radius 1 is 1.12 bits per heavy atom. The zero-order chi connectivity index (χ0) is 17.1. The summed E-state index contributed by atoms with van der Waals surface area (Å²) in [6.07, 6.45) is 3.91. The molecule has 3 rings (SSSR count). The van der Waals surface area contributed by atoms with Crippen LogP contribution in [0.4, 0.5) is 5.82 Å². The molecule has 2 aromatic heterocycles. The van der Waals surface area contributed by atoms with E-state index in [1.165, 1.54) is 11.1 Å². The van der Waals surface area contributed by atoms with Crippen LogP contribution in [0, 0.1) is 6.92 Å². The number of nitrogens with one attached hydrogen (secondary N) is 1. The Hall–Kier alpha value is -2.69. The first-order valence-electron chi connectivity index (χ1n) is 8.18. The first kappa shape index (κ1) is 16.2. The highest BCUT2D eigenvalue weighted by Crippen LogP contribution is 2.20. The van der Waals surface area contributed by atoms with Crippen molar-refractivity contribution in [1.29, 1.82) is 0 Å². The number of hydrogen-bond acceptors (Lipinski definition) is 4. The van der Waals surface area contributed by atoms with E-state index in [-0.39, 0.29) is 0 Å². The number of aryl methyl sites for hydroxylation is 2. The predicted molar refractivity (Wildman–Crippen MR) is 96.8 cm³/mol. The monoisotopic (exact) mass is 321 g/mol. The minimum atomic E-state index is 0.319. The second kappa shape index (κ2) is 6.83. The summed E-state index contributed by atoms with van der Waals surface area (Å²) in [6, 6.07) is 10.5. The Morgan fingerprint density at radius 3 is 2.67 bits per heavy atom. The van der Waals surface area contributed by atoms with Gasteiger partial charge in [0.25, 0.3) is 0 Å². The van der Waals surface area contributed by atoms with Crippen molar-refractivity contribution in [3.63, 3.8) is 0 Å². The Labute approximate surface area is 142 Å². The number of anilines is 1. The lowest BCUT2D eigenvalue weighted by atomic mass is 10.1. The van der Waals surface area contributed by atoms with Crippen LogP contribution in [-0.2, 0) is 13.6 Å². The van der Waals surface area contributed by atoms with Crippen LogP contribution in [0.2, 0.25) is 0 Å². The molecule has 0 aliphatic rings. The third-order valence-electron chi connectivity index (χ3n) is 3.83. The van der Waals surface area contributed by atoms with Crippen LogP contribution in [0.15, 0.2) is 42.7 Å². The largest absolute Gasteiger partial charge is 0.366 e. The van der Waals surface area contributed by atoms with Gasteiger partial charge in [-0.15, -0.1) is 0 Å². The van der Waals surface area contributed by atoms with Crippen LogP contribution in [0.3, 0.4) is 0 Å². The summed E-state index contributed by atoms with van der Waals surface area (Å²) in [4.78, 5) is 9.08. The average molecular weight is 321 g/mol. The maximum atomic E-state index is 4.60. The van der Waals surface area contributed by atoms with Crippen molar-refractivity contribution in [2.45, 2.75) is 33.2 Å². The van der Waals surface area contributed by atoms with Gasteiger partial charge in [0.2, 0.25) is 0 Å². The highest BCUT2D eigenvalue weighted by Gasteiger charge is 2.07. The standard InChI is InChI=1S/C19H23N5/c1-13(2)19-22-14(3)8-18(23-19)20-10-15-6-5-7-16(9-15)17-11-21-24(4)12-17/h5-9,11-13H,10H2,1-4H3,(H,20,22,23). The average Bonchev–Trinajstić information content (AvgIpc) is 2.99. The molecule has 5 nitrogen and oxygen atoms in total. The van der Waals surface area contributed by atoms with Crippen molar-refractivity contribution >= 4 is 5.82 Å². The predicted octanol–water partition coefficient (Wildman–Crippen LogP) is 3.92. The van der Waals surface area contributed by atoms with Crippen LogP contribution in [0.5, 0.6) is 0 Å². The van der Waals surface area contributed by atoms with Crippen molar-refractivity contribution in [2.24, 2.45) is 7.05 Å². The summed E-state index contributed by atoms with van der Waals surface area (Å²) < 4.78 is 1.82. The molecule has 0 fully saturated rings. The van der Waals surface area contributed by atoms with Crippen LogP contribution < -0.4 is 5.32 Å². The molecule has 1 aromatic carbocycles. The van der Waals surface area contributed by atoms with Crippen LogP contribution >= 0.6 is 0 Å². The van der Waals surface area contributed by atoms with Gasteiger partial charge in [-0.2, -0.15) is 5.10 Å². The molecule has 0 aliphatic heterocycles. The molecule has 0 spiro atoms. The minimum Gasteiger partial charge on any atom is -0.366 e. The van der Waals surface area contributed by atoms with Gasteiger partial charge in [-0.3, -0.25) is 4.68 Å². The summed E-state index contributed by atoms with van der Waals surface area (Å²) in [5.74, 6) is 2.07. The molecule has 24 heavy (non-hydrogen) atoms. The van der Waals surface area contributed by atoms with E-state index in [1.54, 1.807) is 0 Å². The molecule has 0 saturated carbocycles. The molecule has 5 heteroatoms. The Balaban J connectivity index is 1.75. The van der Waals surface area contributed by atoms with Crippen molar-refractivity contribution < 1.29 is 0 Å². The highest BCUT2D eigenvalue weighted by molar-refractivity contribution is 5.62. The molecule has 0 radical (unpaired) electrons. The van der Waals surface area contributed by atoms with Gasteiger partial charge in [-0.1, -0.05) is 32.0 Å². The summed E-state index contributed by atoms with van der Waals surface area (Å²) in [6.45, 7) is 6.94. The Kier molecular flexibility index (Phi) is 4.60. The van der Waals surface area contributed by atoms with Gasteiger partial charge in [-0.25, -0.2) is 9.97 Å². The van der Waals surface area contributed by atoms with Crippen LogP contribution in [-0.4, -0.2) is 19.7 Å². The Morgan fingerprint density at radius 2 is 1.96 bits per heavy atom. The fourth-order valence-corrected chi connectivity index (χ4v) is 2.56. The van der Waals surface area contributed by atoms with Crippen LogP contribution in [0.1, 0.15) is 36.8 Å². The molecule has 124 valence electrons. The molecule has 0 bridgehead atoms. The summed E-state index contributed by atoms with van der Waals surface area (Å²) in [7, 11) is 1.93. The number of benzene rings is 1. The zero-order valence-corrected chi connectivity index (χ0v) is 14.6. The van der Waals surface area contributed by atoms with Crippen molar-refractivity contribution in [1.82, 2.24) is 19.7 Å². The lowest BCUT2D eigenvalue weighted by molar-refractivity contribution is 0.766. The third kappa shape index (κ3) is 3.79. The molecule has 0 aliphatic carbocycles. The second-order valence-electron chi connectivity index (χ2n) is 6.36. The van der Waals surface area contributed by atoms with E-state index in [0.717, 1.165) is 29.4 Å². The van der Waals surface area contributed by atoms with Crippen molar-refractivity contribution in [3.8, 4) is 11.1 Å². The topological polar surface area (TPSA) is 55.6 Å². The minimum absolute atomic E-state index is 0.319. The van der Waals surface area contributed by atoms with E-state index < -0.39 is 0 Å². The molecule has 2 heterocycles. The Bertz CT molecular complexity index is 835. The lowest BCUT2D eigenvalue weighted by Gasteiger charge is -2.11. The summed E-state index contributed by atoms with van der Waals surface area (Å²) >= 11 is 0. The number of aromatic nitrogens is 4. The third-order valence-corrected chi connectivity index (χ3v) is 3.83. The molecule has 0 saturated heterocycles. The molecular formula is C19H23N5. The number of rotatable bonds is 5. The normalized spacial score (nSPS) is 11.0. The van der Waals surface area contributed by atoms with Gasteiger partial charge >= 0.3 is 0 Å². The number of nitrogens with zero attached hydrogens (tertiary/aromatic N) is 4. The van der Waals surface area contributed by atoms with Gasteiger partial charge in [0.1, 0.15) is 11.6 Å². The first-order valence-corrected chi connectivity index (χ1v) is 8.18. The van der Waals surface area contributed by atoms with E-state index >= 15 is 0 Å².